The van der Waals surface area contributed by atoms with E-state index in [1.165, 1.54) is 5.56 Å². The lowest BCUT2D eigenvalue weighted by atomic mass is 10.0. The summed E-state index contributed by atoms with van der Waals surface area (Å²) in [5.41, 5.74) is 0.676. The van der Waals surface area contributed by atoms with Gasteiger partial charge in [-0.3, -0.25) is 4.79 Å². The van der Waals surface area contributed by atoms with E-state index in [0.29, 0.717) is 18.1 Å². The number of carbonyl (C=O) groups excluding carboxylic acids is 1. The van der Waals surface area contributed by atoms with Gasteiger partial charge in [-0.1, -0.05) is 26.0 Å². The zero-order chi connectivity index (χ0) is 18.0. The number of sulfonamides is 1. The van der Waals surface area contributed by atoms with Crippen molar-refractivity contribution in [2.75, 3.05) is 13.2 Å². The second-order valence-electron chi connectivity index (χ2n) is 6.98. The van der Waals surface area contributed by atoms with Crippen molar-refractivity contribution in [2.45, 2.75) is 50.9 Å². The molecule has 6 nitrogen and oxygen atoms in total. The molecule has 1 amide bonds. The van der Waals surface area contributed by atoms with E-state index in [9.17, 15) is 13.2 Å². The van der Waals surface area contributed by atoms with Gasteiger partial charge in [0.05, 0.1) is 12.2 Å². The Balaban J connectivity index is 1.86. The first-order chi connectivity index (χ1) is 11.1. The summed E-state index contributed by atoms with van der Waals surface area (Å²) < 4.78 is 37.2. The van der Waals surface area contributed by atoms with Crippen molar-refractivity contribution in [3.63, 3.8) is 0 Å². The van der Waals surface area contributed by atoms with Crippen LogP contribution in [-0.2, 0) is 19.6 Å². The molecule has 1 aromatic carbocycles. The SMILES string of the molecule is CC(C)c1ccc(OCC(=O)NS(=O)(=O)C2COC(C)(C)C2)cc1. The molecule has 1 aliphatic heterocycles. The fourth-order valence-corrected chi connectivity index (χ4v) is 3.96. The molecule has 0 spiro atoms. The van der Waals surface area contributed by atoms with E-state index < -0.39 is 26.8 Å². The van der Waals surface area contributed by atoms with Gasteiger partial charge in [-0.25, -0.2) is 13.1 Å². The maximum absolute atomic E-state index is 12.2. The highest BCUT2D eigenvalue weighted by molar-refractivity contribution is 7.90. The van der Waals surface area contributed by atoms with Crippen molar-refractivity contribution in [2.24, 2.45) is 0 Å². The summed E-state index contributed by atoms with van der Waals surface area (Å²) in [5.74, 6) is 0.246. The average Bonchev–Trinajstić information content (AvgIpc) is 2.86. The van der Waals surface area contributed by atoms with Crippen LogP contribution in [0.2, 0.25) is 0 Å². The normalized spacial score (nSPS) is 20.1. The average molecular weight is 355 g/mol. The third-order valence-corrected chi connectivity index (χ3v) is 5.68. The molecule has 24 heavy (non-hydrogen) atoms. The summed E-state index contributed by atoms with van der Waals surface area (Å²) in [6.45, 7) is 7.57. The van der Waals surface area contributed by atoms with Gasteiger partial charge in [-0.2, -0.15) is 0 Å². The van der Waals surface area contributed by atoms with Gasteiger partial charge in [0.1, 0.15) is 11.0 Å². The molecule has 1 N–H and O–H groups in total. The molecular weight excluding hydrogens is 330 g/mol. The molecule has 1 aromatic rings. The second-order valence-corrected chi connectivity index (χ2v) is 8.94. The van der Waals surface area contributed by atoms with E-state index >= 15 is 0 Å². The van der Waals surface area contributed by atoms with Gasteiger partial charge in [-0.15, -0.1) is 0 Å². The van der Waals surface area contributed by atoms with E-state index in [2.05, 4.69) is 18.6 Å². The third kappa shape index (κ3) is 4.95. The minimum Gasteiger partial charge on any atom is -0.484 e. The molecule has 0 aliphatic carbocycles. The number of nitrogens with one attached hydrogen (secondary N) is 1. The van der Waals surface area contributed by atoms with Crippen LogP contribution < -0.4 is 9.46 Å². The molecule has 1 heterocycles. The summed E-state index contributed by atoms with van der Waals surface area (Å²) in [6, 6.07) is 7.38. The van der Waals surface area contributed by atoms with Crippen molar-refractivity contribution in [3.05, 3.63) is 29.8 Å². The fourth-order valence-electron chi connectivity index (χ4n) is 2.55. The Morgan fingerprint density at radius 3 is 2.46 bits per heavy atom. The summed E-state index contributed by atoms with van der Waals surface area (Å²) >= 11 is 0. The van der Waals surface area contributed by atoms with E-state index in [4.69, 9.17) is 9.47 Å². The molecule has 134 valence electrons. The fraction of sp³-hybridized carbons (Fsp3) is 0.588. The molecule has 0 saturated carbocycles. The van der Waals surface area contributed by atoms with Crippen LogP contribution in [0.4, 0.5) is 0 Å². The first-order valence-corrected chi connectivity index (χ1v) is 9.55. The molecule has 1 aliphatic rings. The van der Waals surface area contributed by atoms with Crippen molar-refractivity contribution in [1.82, 2.24) is 4.72 Å². The van der Waals surface area contributed by atoms with Crippen LogP contribution in [0, 0.1) is 0 Å². The predicted molar refractivity (Wildman–Crippen MR) is 91.5 cm³/mol. The van der Waals surface area contributed by atoms with E-state index in [0.717, 1.165) is 0 Å². The molecule has 0 radical (unpaired) electrons. The highest BCUT2D eigenvalue weighted by Gasteiger charge is 2.40. The minimum atomic E-state index is -3.76. The lowest BCUT2D eigenvalue weighted by Gasteiger charge is -2.16. The topological polar surface area (TPSA) is 81.7 Å². The highest BCUT2D eigenvalue weighted by Crippen LogP contribution is 2.28. The number of rotatable bonds is 6. The largest absolute Gasteiger partial charge is 0.484 e. The van der Waals surface area contributed by atoms with Gasteiger partial charge in [0.25, 0.3) is 5.91 Å². The number of ether oxygens (including phenoxy) is 2. The van der Waals surface area contributed by atoms with Crippen LogP contribution in [0.1, 0.15) is 45.6 Å². The zero-order valence-corrected chi connectivity index (χ0v) is 15.4. The number of hydrogen-bond donors (Lipinski definition) is 1. The third-order valence-electron chi connectivity index (χ3n) is 3.99. The lowest BCUT2D eigenvalue weighted by molar-refractivity contribution is -0.121. The molecule has 1 fully saturated rings. The maximum atomic E-state index is 12.2. The van der Waals surface area contributed by atoms with E-state index in [-0.39, 0.29) is 13.2 Å². The summed E-state index contributed by atoms with van der Waals surface area (Å²) in [6.07, 6.45) is 0.354. The van der Waals surface area contributed by atoms with Crippen molar-refractivity contribution in [3.8, 4) is 5.75 Å². The first kappa shape index (κ1) is 18.7. The van der Waals surface area contributed by atoms with Crippen molar-refractivity contribution < 1.29 is 22.7 Å². The van der Waals surface area contributed by atoms with Crippen LogP contribution >= 0.6 is 0 Å². The Labute approximate surface area is 143 Å². The Kier molecular flexibility index (Phi) is 5.55. The summed E-state index contributed by atoms with van der Waals surface area (Å²) in [7, 11) is -3.76. The van der Waals surface area contributed by atoms with Gasteiger partial charge < -0.3 is 9.47 Å². The molecule has 7 heteroatoms. The molecule has 2 rings (SSSR count). The van der Waals surface area contributed by atoms with Crippen LogP contribution in [0.15, 0.2) is 24.3 Å². The molecule has 0 bridgehead atoms. The number of carbonyl (C=O) groups is 1. The monoisotopic (exact) mass is 355 g/mol. The highest BCUT2D eigenvalue weighted by atomic mass is 32.2. The molecule has 1 atom stereocenters. The molecular formula is C17H25NO5S. The van der Waals surface area contributed by atoms with E-state index in [1.807, 2.05) is 26.0 Å². The minimum absolute atomic E-state index is 0.0904. The predicted octanol–water partition coefficient (Wildman–Crippen LogP) is 2.20. The number of benzene rings is 1. The zero-order valence-electron chi connectivity index (χ0n) is 14.5. The summed E-state index contributed by atoms with van der Waals surface area (Å²) in [5, 5.41) is -0.721. The quantitative estimate of drug-likeness (QED) is 0.846. The second kappa shape index (κ2) is 7.11. The number of hydrogen-bond acceptors (Lipinski definition) is 5. The lowest BCUT2D eigenvalue weighted by Crippen LogP contribution is -2.41. The smallest absolute Gasteiger partial charge is 0.271 e. The Morgan fingerprint density at radius 2 is 1.96 bits per heavy atom. The van der Waals surface area contributed by atoms with Gasteiger partial charge in [0.2, 0.25) is 10.0 Å². The van der Waals surface area contributed by atoms with Crippen LogP contribution in [0.3, 0.4) is 0 Å². The van der Waals surface area contributed by atoms with Crippen molar-refractivity contribution >= 4 is 15.9 Å². The molecule has 1 saturated heterocycles. The van der Waals surface area contributed by atoms with Crippen molar-refractivity contribution in [1.29, 1.82) is 0 Å². The van der Waals surface area contributed by atoms with Gasteiger partial charge in [0.15, 0.2) is 6.61 Å². The number of amides is 1. The van der Waals surface area contributed by atoms with Crippen LogP contribution in [-0.4, -0.2) is 38.4 Å². The Bertz CT molecular complexity index is 679. The molecule has 1 unspecified atom stereocenters. The first-order valence-electron chi connectivity index (χ1n) is 8.00. The van der Waals surface area contributed by atoms with Gasteiger partial charge >= 0.3 is 0 Å². The van der Waals surface area contributed by atoms with Crippen LogP contribution in [0.5, 0.6) is 5.75 Å². The van der Waals surface area contributed by atoms with Crippen LogP contribution in [0.25, 0.3) is 0 Å². The van der Waals surface area contributed by atoms with Gasteiger partial charge in [0, 0.05) is 0 Å². The standard InChI is InChI=1S/C17H25NO5S/c1-12(2)13-5-7-14(8-6-13)22-11-16(19)18-24(20,21)15-9-17(3,4)23-10-15/h5-8,12,15H,9-11H2,1-4H3,(H,18,19). The molecule has 0 aromatic heterocycles. The Morgan fingerprint density at radius 1 is 1.33 bits per heavy atom. The van der Waals surface area contributed by atoms with Gasteiger partial charge in [-0.05, 0) is 43.9 Å². The Hall–Kier alpha value is -1.60. The summed E-state index contributed by atoms with van der Waals surface area (Å²) in [4.78, 5) is 11.9. The maximum Gasteiger partial charge on any atom is 0.271 e. The van der Waals surface area contributed by atoms with E-state index in [1.54, 1.807) is 12.1 Å².